The molecular formula is C39H49N7O3. The van der Waals surface area contributed by atoms with Crippen LogP contribution in [0.15, 0.2) is 96.8 Å². The zero-order valence-electron chi connectivity index (χ0n) is 28.9. The average molecular weight is 664 g/mol. The van der Waals surface area contributed by atoms with Crippen molar-refractivity contribution in [3.63, 3.8) is 0 Å². The molecule has 1 heterocycles. The second-order valence-corrected chi connectivity index (χ2v) is 11.4. The first kappa shape index (κ1) is 38.1. The smallest absolute Gasteiger partial charge is 0.255 e. The number of aromatic nitrogens is 2. The number of methoxy groups -OCH3 is 1. The number of fused-ring (bicyclic) bond motifs is 1. The Kier molecular flexibility index (Phi) is 15.6. The van der Waals surface area contributed by atoms with Gasteiger partial charge in [-0.05, 0) is 74.6 Å². The number of anilines is 2. The maximum Gasteiger partial charge on any atom is 0.255 e. The molecule has 49 heavy (non-hydrogen) atoms. The number of nitrogens with one attached hydrogen (secondary N) is 3. The molecule has 1 aliphatic carbocycles. The number of aliphatic hydroxyl groups excluding tert-OH is 1. The summed E-state index contributed by atoms with van der Waals surface area (Å²) in [5, 5.41) is 26.8. The van der Waals surface area contributed by atoms with Crippen LogP contribution < -0.4 is 21.1 Å². The number of aliphatic imine (C=N–C) groups is 1. The van der Waals surface area contributed by atoms with Gasteiger partial charge in [0.05, 0.1) is 30.1 Å². The van der Waals surface area contributed by atoms with Crippen molar-refractivity contribution < 1.29 is 14.6 Å². The highest BCUT2D eigenvalue weighted by molar-refractivity contribution is 6.16. The van der Waals surface area contributed by atoms with Crippen LogP contribution in [-0.2, 0) is 6.54 Å². The third kappa shape index (κ3) is 11.1. The van der Waals surface area contributed by atoms with Crippen molar-refractivity contribution in [3.8, 4) is 5.75 Å². The summed E-state index contributed by atoms with van der Waals surface area (Å²) in [6.45, 7) is 7.75. The summed E-state index contributed by atoms with van der Waals surface area (Å²) in [5.41, 5.74) is 8.89. The molecule has 0 saturated heterocycles. The van der Waals surface area contributed by atoms with Crippen molar-refractivity contribution >= 4 is 40.2 Å². The van der Waals surface area contributed by atoms with Gasteiger partial charge in [-0.25, -0.2) is 9.97 Å². The van der Waals surface area contributed by atoms with Crippen molar-refractivity contribution in [3.05, 3.63) is 114 Å². The minimum absolute atomic E-state index is 0.153. The Morgan fingerprint density at radius 3 is 2.37 bits per heavy atom. The van der Waals surface area contributed by atoms with Gasteiger partial charge in [-0.2, -0.15) is 0 Å². The fourth-order valence-corrected chi connectivity index (χ4v) is 5.26. The highest BCUT2D eigenvalue weighted by atomic mass is 16.5. The van der Waals surface area contributed by atoms with Crippen LogP contribution in [0.25, 0.3) is 10.8 Å². The normalized spacial score (nSPS) is 15.4. The van der Waals surface area contributed by atoms with Crippen molar-refractivity contribution in [2.24, 2.45) is 4.99 Å². The highest BCUT2D eigenvalue weighted by Gasteiger charge is 2.23. The maximum absolute atomic E-state index is 13.2. The number of amides is 1. The lowest BCUT2D eigenvalue weighted by atomic mass is 9.93. The van der Waals surface area contributed by atoms with E-state index in [1.165, 1.54) is 6.33 Å². The zero-order valence-corrected chi connectivity index (χ0v) is 28.9. The summed E-state index contributed by atoms with van der Waals surface area (Å²) in [4.78, 5) is 25.2. The Labute approximate surface area is 289 Å². The van der Waals surface area contributed by atoms with Crippen LogP contribution in [0.1, 0.15) is 73.0 Å². The molecule has 10 nitrogen and oxygen atoms in total. The fourth-order valence-electron chi connectivity index (χ4n) is 5.26. The van der Waals surface area contributed by atoms with Crippen LogP contribution >= 0.6 is 0 Å². The molecule has 0 radical (unpaired) electrons. The number of allylic oxidation sites excluding steroid dienone is 3. The quantitative estimate of drug-likeness (QED) is 0.0892. The monoisotopic (exact) mass is 663 g/mol. The van der Waals surface area contributed by atoms with E-state index < -0.39 is 0 Å². The topological polar surface area (TPSA) is 159 Å². The molecule has 0 spiro atoms. The number of rotatable bonds is 10. The van der Waals surface area contributed by atoms with Crippen molar-refractivity contribution in [2.45, 2.75) is 64.6 Å². The van der Waals surface area contributed by atoms with E-state index in [2.05, 4.69) is 38.2 Å². The van der Waals surface area contributed by atoms with Crippen LogP contribution in [0.2, 0.25) is 0 Å². The SMILES string of the molecule is C=CC/C=C\C.CC=NC.COc1ccc2ccccc2c1C(=O)NCc1ccc(C(=N)c2c(N)ncnc2NC2CCC(O)CC2)cc1. The average Bonchev–Trinajstić information content (AvgIpc) is 3.13. The number of ether oxygens (including phenoxy) is 1. The number of nitrogens with zero attached hydrogens (tertiary/aromatic N) is 3. The third-order valence-corrected chi connectivity index (χ3v) is 7.99. The van der Waals surface area contributed by atoms with E-state index in [1.54, 1.807) is 26.4 Å². The van der Waals surface area contributed by atoms with Gasteiger partial charge in [-0.1, -0.05) is 72.8 Å². The van der Waals surface area contributed by atoms with E-state index in [4.69, 9.17) is 15.9 Å². The van der Waals surface area contributed by atoms with Gasteiger partial charge >= 0.3 is 0 Å². The van der Waals surface area contributed by atoms with Crippen molar-refractivity contribution in [2.75, 3.05) is 25.2 Å². The Morgan fingerprint density at radius 1 is 1.06 bits per heavy atom. The molecule has 1 amide bonds. The first-order valence-electron chi connectivity index (χ1n) is 16.4. The molecule has 10 heteroatoms. The van der Waals surface area contributed by atoms with Gasteiger partial charge in [0, 0.05) is 25.2 Å². The molecular weight excluding hydrogens is 614 g/mol. The lowest BCUT2D eigenvalue weighted by molar-refractivity contribution is 0.0949. The van der Waals surface area contributed by atoms with E-state index in [-0.39, 0.29) is 29.6 Å². The molecule has 0 bridgehead atoms. The van der Waals surface area contributed by atoms with Gasteiger partial charge < -0.3 is 31.2 Å². The molecule has 1 saturated carbocycles. The molecule has 4 aromatic rings. The van der Waals surface area contributed by atoms with E-state index in [1.807, 2.05) is 80.6 Å². The summed E-state index contributed by atoms with van der Waals surface area (Å²) in [6.07, 6.45) is 12.9. The molecule has 5 rings (SSSR count). The van der Waals surface area contributed by atoms with E-state index in [0.717, 1.165) is 48.4 Å². The molecule has 3 aromatic carbocycles. The first-order valence-corrected chi connectivity index (χ1v) is 16.4. The molecule has 1 fully saturated rings. The minimum Gasteiger partial charge on any atom is -0.496 e. The lowest BCUT2D eigenvalue weighted by Gasteiger charge is -2.27. The van der Waals surface area contributed by atoms with Crippen LogP contribution in [0.3, 0.4) is 0 Å². The Bertz CT molecular complexity index is 1720. The molecule has 0 aliphatic heterocycles. The molecule has 258 valence electrons. The first-order chi connectivity index (χ1) is 23.8. The van der Waals surface area contributed by atoms with E-state index >= 15 is 0 Å². The predicted octanol–water partition coefficient (Wildman–Crippen LogP) is 7.13. The van der Waals surface area contributed by atoms with Crippen molar-refractivity contribution in [1.29, 1.82) is 5.41 Å². The van der Waals surface area contributed by atoms with Gasteiger partial charge in [0.2, 0.25) is 0 Å². The zero-order chi connectivity index (χ0) is 35.6. The summed E-state index contributed by atoms with van der Waals surface area (Å²) >= 11 is 0. The van der Waals surface area contributed by atoms with E-state index in [9.17, 15) is 9.90 Å². The van der Waals surface area contributed by atoms with Crippen LogP contribution in [0, 0.1) is 5.41 Å². The molecule has 1 aliphatic rings. The van der Waals surface area contributed by atoms with Gasteiger partial charge in [0.25, 0.3) is 5.91 Å². The Balaban J connectivity index is 0.000000572. The summed E-state index contributed by atoms with van der Waals surface area (Å²) in [6, 6.07) is 19.0. The van der Waals surface area contributed by atoms with Gasteiger partial charge in [0.15, 0.2) is 0 Å². The largest absolute Gasteiger partial charge is 0.496 e. The van der Waals surface area contributed by atoms with Gasteiger partial charge in [-0.15, -0.1) is 6.58 Å². The number of hydrogen-bond acceptors (Lipinski definition) is 9. The number of nitrogen functional groups attached to an aromatic ring is 1. The fraction of sp³-hybridized carbons (Fsp3) is 0.308. The number of hydrogen-bond donors (Lipinski definition) is 5. The second kappa shape index (κ2) is 20.1. The summed E-state index contributed by atoms with van der Waals surface area (Å²) in [5.74, 6) is 1.05. The van der Waals surface area contributed by atoms with Gasteiger partial charge in [0.1, 0.15) is 23.7 Å². The Hall–Kier alpha value is -5.35. The predicted molar refractivity (Wildman–Crippen MR) is 202 cm³/mol. The number of carbonyl (C=O) groups excluding carboxylic acids is 1. The standard InChI is InChI=1S/C30H32N6O3.C6H10.C3H7N/c1-39-24-15-10-19-4-2-3-5-23(19)25(24)30(38)33-16-18-6-8-20(9-7-18)27(31)26-28(32)34-17-35-29(26)36-21-11-13-22(37)14-12-21;1-3-5-6-4-2;1-3-4-2/h2-10,15,17,21-22,31,37H,11-14,16H2,1H3,(H,33,38)(H3,32,34,35,36);3-4,6H,1,5H2,2H3;3H,1-2H3/b;6-4-;. The highest BCUT2D eigenvalue weighted by Crippen LogP contribution is 2.29. The maximum atomic E-state index is 13.2. The van der Waals surface area contributed by atoms with Crippen LogP contribution in [0.4, 0.5) is 11.6 Å². The lowest BCUT2D eigenvalue weighted by Crippen LogP contribution is -2.29. The van der Waals surface area contributed by atoms with Gasteiger partial charge in [-0.3, -0.25) is 10.2 Å². The summed E-state index contributed by atoms with van der Waals surface area (Å²) in [7, 11) is 3.31. The van der Waals surface area contributed by atoms with Crippen molar-refractivity contribution in [1.82, 2.24) is 15.3 Å². The number of nitrogens with two attached hydrogens (primary N) is 1. The third-order valence-electron chi connectivity index (χ3n) is 7.99. The minimum atomic E-state index is -0.256. The van der Waals surface area contributed by atoms with Crippen LogP contribution in [-0.4, -0.2) is 59.2 Å². The van der Waals surface area contributed by atoms with Crippen LogP contribution in [0.5, 0.6) is 5.75 Å². The number of carbonyl (C=O) groups is 1. The number of aliphatic hydroxyl groups is 1. The number of benzene rings is 3. The molecule has 1 aromatic heterocycles. The Morgan fingerprint density at radius 2 is 1.76 bits per heavy atom. The molecule has 6 N–H and O–H groups in total. The molecule has 0 atom stereocenters. The molecule has 0 unspecified atom stereocenters. The second-order valence-electron chi connectivity index (χ2n) is 11.4. The summed E-state index contributed by atoms with van der Waals surface area (Å²) < 4.78 is 5.46. The van der Waals surface area contributed by atoms with E-state index in [0.29, 0.717) is 34.8 Å².